The minimum absolute atomic E-state index is 0.148. The fourth-order valence-corrected chi connectivity index (χ4v) is 1.43. The lowest BCUT2D eigenvalue weighted by molar-refractivity contribution is -0.0621. The van der Waals surface area contributed by atoms with Gasteiger partial charge in [0.05, 0.1) is 13.2 Å². The zero-order valence-electron chi connectivity index (χ0n) is 8.39. The first-order valence-corrected chi connectivity index (χ1v) is 4.59. The Labute approximate surface area is 77.9 Å². The van der Waals surface area contributed by atoms with Gasteiger partial charge in [-0.1, -0.05) is 0 Å². The summed E-state index contributed by atoms with van der Waals surface area (Å²) in [6.07, 6.45) is -1.36. The SMILES string of the molecule is CC(C)N1C[C@@H](F)OC[C@](C)(F)C1. The van der Waals surface area contributed by atoms with Gasteiger partial charge in [-0.3, -0.25) is 4.90 Å². The summed E-state index contributed by atoms with van der Waals surface area (Å²) in [4.78, 5) is 1.76. The second kappa shape index (κ2) is 3.88. The molecule has 0 bridgehead atoms. The minimum Gasteiger partial charge on any atom is -0.344 e. The van der Waals surface area contributed by atoms with E-state index in [1.807, 2.05) is 13.8 Å². The van der Waals surface area contributed by atoms with Gasteiger partial charge >= 0.3 is 0 Å². The number of hydrogen-bond donors (Lipinski definition) is 0. The molecule has 0 aliphatic carbocycles. The minimum atomic E-state index is -1.44. The summed E-state index contributed by atoms with van der Waals surface area (Å²) in [5.74, 6) is 0. The van der Waals surface area contributed by atoms with Crippen LogP contribution in [-0.4, -0.2) is 42.7 Å². The van der Waals surface area contributed by atoms with Gasteiger partial charge in [0, 0.05) is 12.6 Å². The van der Waals surface area contributed by atoms with Gasteiger partial charge in [-0.15, -0.1) is 0 Å². The van der Waals surface area contributed by atoms with E-state index in [0.717, 1.165) is 0 Å². The molecule has 1 aliphatic heterocycles. The van der Waals surface area contributed by atoms with E-state index in [1.54, 1.807) is 4.90 Å². The summed E-state index contributed by atoms with van der Waals surface area (Å²) >= 11 is 0. The van der Waals surface area contributed by atoms with Crippen LogP contribution in [0.5, 0.6) is 0 Å². The van der Waals surface area contributed by atoms with Crippen molar-refractivity contribution >= 4 is 0 Å². The van der Waals surface area contributed by atoms with Crippen LogP contribution in [0.3, 0.4) is 0 Å². The average Bonchev–Trinajstić information content (AvgIpc) is 2.11. The lowest BCUT2D eigenvalue weighted by atomic mass is 10.1. The first kappa shape index (κ1) is 10.9. The molecule has 2 nitrogen and oxygen atoms in total. The van der Waals surface area contributed by atoms with Crippen molar-refractivity contribution in [1.29, 1.82) is 0 Å². The summed E-state index contributed by atoms with van der Waals surface area (Å²) in [5.41, 5.74) is -1.44. The Kier molecular flexibility index (Phi) is 3.24. The van der Waals surface area contributed by atoms with E-state index in [2.05, 4.69) is 0 Å². The van der Waals surface area contributed by atoms with Gasteiger partial charge < -0.3 is 4.74 Å². The highest BCUT2D eigenvalue weighted by atomic mass is 19.2. The van der Waals surface area contributed by atoms with E-state index in [0.29, 0.717) is 0 Å². The largest absolute Gasteiger partial charge is 0.344 e. The van der Waals surface area contributed by atoms with E-state index in [-0.39, 0.29) is 25.7 Å². The molecule has 1 saturated heterocycles. The standard InChI is InChI=1S/C9H17F2NO/c1-7(2)12-4-8(10)13-6-9(3,11)5-12/h7-8H,4-6H2,1-3H3/t8-,9+/m0/s1. The molecule has 0 aromatic heterocycles. The third-order valence-corrected chi connectivity index (χ3v) is 2.21. The van der Waals surface area contributed by atoms with E-state index in [4.69, 9.17) is 4.74 Å². The zero-order valence-corrected chi connectivity index (χ0v) is 8.39. The lowest BCUT2D eigenvalue weighted by Crippen LogP contribution is -2.42. The molecular formula is C9H17F2NO. The Morgan fingerprint density at radius 2 is 2.15 bits per heavy atom. The van der Waals surface area contributed by atoms with Crippen LogP contribution in [0.4, 0.5) is 8.78 Å². The smallest absolute Gasteiger partial charge is 0.211 e. The molecule has 0 aromatic rings. The van der Waals surface area contributed by atoms with Crippen LogP contribution in [-0.2, 0) is 4.74 Å². The Morgan fingerprint density at radius 3 is 2.69 bits per heavy atom. The molecule has 0 radical (unpaired) electrons. The normalized spacial score (nSPS) is 37.8. The highest BCUT2D eigenvalue weighted by Crippen LogP contribution is 2.20. The van der Waals surface area contributed by atoms with Gasteiger partial charge in [0.25, 0.3) is 0 Å². The molecule has 78 valence electrons. The van der Waals surface area contributed by atoms with E-state index >= 15 is 0 Å². The quantitative estimate of drug-likeness (QED) is 0.629. The van der Waals surface area contributed by atoms with Crippen molar-refractivity contribution in [2.75, 3.05) is 19.7 Å². The second-order valence-corrected chi connectivity index (χ2v) is 4.16. The van der Waals surface area contributed by atoms with Gasteiger partial charge in [0.1, 0.15) is 5.67 Å². The van der Waals surface area contributed by atoms with Crippen molar-refractivity contribution in [3.8, 4) is 0 Å². The van der Waals surface area contributed by atoms with E-state index in [1.165, 1.54) is 6.92 Å². The van der Waals surface area contributed by atoms with Crippen molar-refractivity contribution in [1.82, 2.24) is 4.90 Å². The first-order valence-electron chi connectivity index (χ1n) is 4.59. The number of halogens is 2. The monoisotopic (exact) mass is 193 g/mol. The predicted octanol–water partition coefficient (Wildman–Crippen LogP) is 1.75. The third-order valence-electron chi connectivity index (χ3n) is 2.21. The molecular weight excluding hydrogens is 176 g/mol. The van der Waals surface area contributed by atoms with Crippen molar-refractivity contribution in [2.45, 2.75) is 38.8 Å². The highest BCUT2D eigenvalue weighted by Gasteiger charge is 2.34. The average molecular weight is 193 g/mol. The molecule has 1 aliphatic rings. The summed E-state index contributed by atoms with van der Waals surface area (Å²) in [7, 11) is 0. The Morgan fingerprint density at radius 1 is 1.54 bits per heavy atom. The topological polar surface area (TPSA) is 12.5 Å². The van der Waals surface area contributed by atoms with Crippen LogP contribution < -0.4 is 0 Å². The number of nitrogens with zero attached hydrogens (tertiary/aromatic N) is 1. The molecule has 1 heterocycles. The Balaban J connectivity index is 2.63. The molecule has 2 atom stereocenters. The van der Waals surface area contributed by atoms with Crippen molar-refractivity contribution in [3.63, 3.8) is 0 Å². The van der Waals surface area contributed by atoms with Gasteiger partial charge in [0.15, 0.2) is 0 Å². The van der Waals surface area contributed by atoms with Crippen LogP contribution in [0.1, 0.15) is 20.8 Å². The molecule has 0 amide bonds. The van der Waals surface area contributed by atoms with Gasteiger partial charge in [0.2, 0.25) is 6.36 Å². The molecule has 13 heavy (non-hydrogen) atoms. The van der Waals surface area contributed by atoms with Crippen LogP contribution >= 0.6 is 0 Å². The molecule has 0 aromatic carbocycles. The number of ether oxygens (including phenoxy) is 1. The lowest BCUT2D eigenvalue weighted by Gasteiger charge is -2.28. The zero-order chi connectivity index (χ0) is 10.1. The van der Waals surface area contributed by atoms with E-state index < -0.39 is 12.0 Å². The van der Waals surface area contributed by atoms with Crippen molar-refractivity contribution in [2.24, 2.45) is 0 Å². The maximum absolute atomic E-state index is 13.6. The van der Waals surface area contributed by atoms with E-state index in [9.17, 15) is 8.78 Å². The molecule has 0 saturated carbocycles. The maximum Gasteiger partial charge on any atom is 0.211 e. The molecule has 0 N–H and O–H groups in total. The third kappa shape index (κ3) is 3.19. The number of hydrogen-bond acceptors (Lipinski definition) is 2. The Bertz CT molecular complexity index is 173. The number of alkyl halides is 2. The summed E-state index contributed by atoms with van der Waals surface area (Å²) in [6.45, 7) is 5.54. The Hall–Kier alpha value is -0.220. The maximum atomic E-state index is 13.6. The summed E-state index contributed by atoms with van der Waals surface area (Å²) in [6, 6.07) is 0.148. The number of rotatable bonds is 1. The van der Waals surface area contributed by atoms with Crippen LogP contribution in [0.25, 0.3) is 0 Å². The molecule has 1 fully saturated rings. The van der Waals surface area contributed by atoms with Crippen molar-refractivity contribution < 1.29 is 13.5 Å². The summed E-state index contributed by atoms with van der Waals surface area (Å²) in [5, 5.41) is 0. The highest BCUT2D eigenvalue weighted by molar-refractivity contribution is 4.82. The van der Waals surface area contributed by atoms with Crippen LogP contribution in [0.2, 0.25) is 0 Å². The van der Waals surface area contributed by atoms with Gasteiger partial charge in [-0.05, 0) is 20.8 Å². The summed E-state index contributed by atoms with van der Waals surface area (Å²) < 4.78 is 31.3. The fraction of sp³-hybridized carbons (Fsp3) is 1.00. The molecule has 1 rings (SSSR count). The second-order valence-electron chi connectivity index (χ2n) is 4.16. The predicted molar refractivity (Wildman–Crippen MR) is 47.1 cm³/mol. The van der Waals surface area contributed by atoms with Gasteiger partial charge in [-0.25, -0.2) is 8.78 Å². The first-order chi connectivity index (χ1) is 5.91. The fourth-order valence-electron chi connectivity index (χ4n) is 1.43. The van der Waals surface area contributed by atoms with Crippen molar-refractivity contribution in [3.05, 3.63) is 0 Å². The van der Waals surface area contributed by atoms with Gasteiger partial charge in [-0.2, -0.15) is 0 Å². The molecule has 4 heteroatoms. The molecule has 0 spiro atoms. The van der Waals surface area contributed by atoms with Crippen LogP contribution in [0, 0.1) is 0 Å². The van der Waals surface area contributed by atoms with Crippen LogP contribution in [0.15, 0.2) is 0 Å². The molecule has 0 unspecified atom stereocenters.